The van der Waals surface area contributed by atoms with E-state index in [1.807, 2.05) is 6.08 Å². The van der Waals surface area contributed by atoms with Gasteiger partial charge in [0.25, 0.3) is 0 Å². The zero-order valence-electron chi connectivity index (χ0n) is 12.4. The Morgan fingerprint density at radius 3 is 2.37 bits per heavy atom. The first-order valence-electron chi connectivity index (χ1n) is 7.66. The van der Waals surface area contributed by atoms with Crippen LogP contribution in [0, 0.1) is 23.7 Å². The van der Waals surface area contributed by atoms with Crippen molar-refractivity contribution >= 4 is 0 Å². The Balaban J connectivity index is 3.35. The zero-order chi connectivity index (χ0) is 14.0. The van der Waals surface area contributed by atoms with E-state index in [0.29, 0.717) is 6.61 Å². The third-order valence-electron chi connectivity index (χ3n) is 2.86. The molecule has 0 spiro atoms. The summed E-state index contributed by atoms with van der Waals surface area (Å²) in [5, 5.41) is 8.63. The van der Waals surface area contributed by atoms with E-state index in [1.165, 1.54) is 38.5 Å². The van der Waals surface area contributed by atoms with E-state index in [4.69, 9.17) is 5.11 Å². The number of aliphatic hydroxyl groups excluding tert-OH is 1. The molecule has 1 N–H and O–H groups in total. The SMILES string of the molecule is CCCC/C=C/C#CC#CCCCCCCCCO. The lowest BCUT2D eigenvalue weighted by atomic mass is 10.1. The lowest BCUT2D eigenvalue weighted by molar-refractivity contribution is 0.282. The molecular weight excluding hydrogens is 232 g/mol. The largest absolute Gasteiger partial charge is 0.396 e. The van der Waals surface area contributed by atoms with Gasteiger partial charge in [0.05, 0.1) is 0 Å². The molecule has 0 aromatic rings. The fourth-order valence-electron chi connectivity index (χ4n) is 1.68. The van der Waals surface area contributed by atoms with Crippen molar-refractivity contribution in [1.82, 2.24) is 0 Å². The molecule has 0 heterocycles. The van der Waals surface area contributed by atoms with Crippen LogP contribution in [0.1, 0.15) is 71.1 Å². The van der Waals surface area contributed by atoms with Gasteiger partial charge in [-0.3, -0.25) is 0 Å². The molecule has 0 unspecified atom stereocenters. The first-order valence-corrected chi connectivity index (χ1v) is 7.66. The Hall–Kier alpha value is -1.18. The van der Waals surface area contributed by atoms with E-state index < -0.39 is 0 Å². The fraction of sp³-hybridized carbons (Fsp3) is 0.667. The Bertz CT molecular complexity index is 319. The average molecular weight is 260 g/mol. The summed E-state index contributed by atoms with van der Waals surface area (Å²) < 4.78 is 0. The van der Waals surface area contributed by atoms with Crippen LogP contribution in [-0.4, -0.2) is 11.7 Å². The molecule has 0 fully saturated rings. The molecule has 106 valence electrons. The molecule has 0 aromatic carbocycles. The van der Waals surface area contributed by atoms with Gasteiger partial charge in [-0.2, -0.15) is 0 Å². The van der Waals surface area contributed by atoms with Crippen LogP contribution in [0.2, 0.25) is 0 Å². The number of allylic oxidation sites excluding steroid dienone is 2. The normalized spacial score (nSPS) is 9.79. The van der Waals surface area contributed by atoms with Gasteiger partial charge in [0.1, 0.15) is 0 Å². The first-order chi connectivity index (χ1) is 9.41. The summed E-state index contributed by atoms with van der Waals surface area (Å²) in [6.45, 7) is 2.52. The van der Waals surface area contributed by atoms with Crippen LogP contribution in [0.4, 0.5) is 0 Å². The number of unbranched alkanes of at least 4 members (excludes halogenated alkanes) is 8. The van der Waals surface area contributed by atoms with Crippen LogP contribution in [-0.2, 0) is 0 Å². The first kappa shape index (κ1) is 17.8. The van der Waals surface area contributed by atoms with E-state index in [0.717, 1.165) is 25.7 Å². The highest BCUT2D eigenvalue weighted by molar-refractivity contribution is 5.30. The van der Waals surface area contributed by atoms with Gasteiger partial charge < -0.3 is 5.11 Å². The van der Waals surface area contributed by atoms with E-state index >= 15 is 0 Å². The monoisotopic (exact) mass is 260 g/mol. The van der Waals surface area contributed by atoms with Crippen molar-refractivity contribution in [3.63, 3.8) is 0 Å². The molecule has 0 amide bonds. The molecule has 1 heteroatoms. The summed E-state index contributed by atoms with van der Waals surface area (Å²) in [7, 11) is 0. The van der Waals surface area contributed by atoms with E-state index in [1.54, 1.807) is 0 Å². The molecule has 0 aliphatic carbocycles. The van der Waals surface area contributed by atoms with Gasteiger partial charge in [0, 0.05) is 13.0 Å². The second kappa shape index (κ2) is 16.8. The standard InChI is InChI=1S/C18H28O/c1-2-3-4-5-6-7-8-9-10-11-12-13-14-15-16-17-18-19/h5-6,19H,2-4,11-18H2,1H3/b6-5+. The number of hydrogen-bond donors (Lipinski definition) is 1. The predicted octanol–water partition coefficient (Wildman–Crippen LogP) is 4.46. The molecule has 0 bridgehead atoms. The van der Waals surface area contributed by atoms with Gasteiger partial charge in [-0.25, -0.2) is 0 Å². The van der Waals surface area contributed by atoms with Crippen molar-refractivity contribution < 1.29 is 5.11 Å². The van der Waals surface area contributed by atoms with Crippen LogP contribution in [0.5, 0.6) is 0 Å². The minimum Gasteiger partial charge on any atom is -0.396 e. The van der Waals surface area contributed by atoms with E-state index in [9.17, 15) is 0 Å². The second-order valence-corrected chi connectivity index (χ2v) is 4.71. The molecule has 0 rings (SSSR count). The summed E-state index contributed by atoms with van der Waals surface area (Å²) in [6.07, 6.45) is 15.6. The summed E-state index contributed by atoms with van der Waals surface area (Å²) >= 11 is 0. The highest BCUT2D eigenvalue weighted by Gasteiger charge is 1.89. The Morgan fingerprint density at radius 1 is 0.895 bits per heavy atom. The minimum absolute atomic E-state index is 0.330. The van der Waals surface area contributed by atoms with Crippen molar-refractivity contribution in [3.05, 3.63) is 12.2 Å². The molecule has 0 saturated carbocycles. The zero-order valence-corrected chi connectivity index (χ0v) is 12.4. The molecule has 0 atom stereocenters. The van der Waals surface area contributed by atoms with Crippen LogP contribution in [0.25, 0.3) is 0 Å². The molecular formula is C18H28O. The van der Waals surface area contributed by atoms with Gasteiger partial charge in [-0.15, -0.1) is 0 Å². The Kier molecular flexibility index (Phi) is 15.8. The summed E-state index contributed by atoms with van der Waals surface area (Å²) in [5.74, 6) is 11.8. The third-order valence-corrected chi connectivity index (χ3v) is 2.86. The molecule has 0 saturated heterocycles. The predicted molar refractivity (Wildman–Crippen MR) is 83.6 cm³/mol. The van der Waals surface area contributed by atoms with Crippen molar-refractivity contribution in [1.29, 1.82) is 0 Å². The van der Waals surface area contributed by atoms with Crippen LogP contribution >= 0.6 is 0 Å². The third kappa shape index (κ3) is 16.8. The molecule has 0 aliphatic rings. The van der Waals surface area contributed by atoms with Gasteiger partial charge in [-0.1, -0.05) is 63.4 Å². The summed E-state index contributed by atoms with van der Waals surface area (Å²) in [5.41, 5.74) is 0. The molecule has 19 heavy (non-hydrogen) atoms. The van der Waals surface area contributed by atoms with Crippen LogP contribution in [0.15, 0.2) is 12.2 Å². The number of rotatable bonds is 10. The maximum absolute atomic E-state index is 8.63. The minimum atomic E-state index is 0.330. The molecule has 0 radical (unpaired) electrons. The van der Waals surface area contributed by atoms with Crippen molar-refractivity contribution in [2.24, 2.45) is 0 Å². The maximum Gasteiger partial charge on any atom is 0.0431 e. The summed E-state index contributed by atoms with van der Waals surface area (Å²) in [4.78, 5) is 0. The van der Waals surface area contributed by atoms with Crippen LogP contribution < -0.4 is 0 Å². The average Bonchev–Trinajstić information content (AvgIpc) is 2.43. The number of aliphatic hydroxyl groups is 1. The van der Waals surface area contributed by atoms with Crippen molar-refractivity contribution in [2.45, 2.75) is 71.1 Å². The quantitative estimate of drug-likeness (QED) is 0.454. The van der Waals surface area contributed by atoms with Crippen LogP contribution in [0.3, 0.4) is 0 Å². The number of hydrogen-bond acceptors (Lipinski definition) is 1. The lowest BCUT2D eigenvalue weighted by Gasteiger charge is -1.97. The van der Waals surface area contributed by atoms with Gasteiger partial charge in [-0.05, 0) is 37.2 Å². The highest BCUT2D eigenvalue weighted by Crippen LogP contribution is 2.06. The van der Waals surface area contributed by atoms with E-state index in [2.05, 4.69) is 36.7 Å². The molecule has 0 aliphatic heterocycles. The fourth-order valence-corrected chi connectivity index (χ4v) is 1.68. The Morgan fingerprint density at radius 2 is 1.63 bits per heavy atom. The smallest absolute Gasteiger partial charge is 0.0431 e. The maximum atomic E-state index is 8.63. The van der Waals surface area contributed by atoms with Crippen molar-refractivity contribution in [3.8, 4) is 23.7 Å². The van der Waals surface area contributed by atoms with Crippen molar-refractivity contribution in [2.75, 3.05) is 6.61 Å². The molecule has 1 nitrogen and oxygen atoms in total. The van der Waals surface area contributed by atoms with Gasteiger partial charge in [0.2, 0.25) is 0 Å². The molecule has 0 aromatic heterocycles. The topological polar surface area (TPSA) is 20.2 Å². The van der Waals surface area contributed by atoms with Gasteiger partial charge in [0.15, 0.2) is 0 Å². The second-order valence-electron chi connectivity index (χ2n) is 4.71. The lowest BCUT2D eigenvalue weighted by Crippen LogP contribution is -1.83. The highest BCUT2D eigenvalue weighted by atomic mass is 16.2. The van der Waals surface area contributed by atoms with Gasteiger partial charge >= 0.3 is 0 Å². The van der Waals surface area contributed by atoms with E-state index in [-0.39, 0.29) is 0 Å². The Labute approximate surface area is 119 Å². The summed E-state index contributed by atoms with van der Waals surface area (Å²) in [6, 6.07) is 0.